The number of benzene rings is 5. The minimum atomic E-state index is -1.71. The van der Waals surface area contributed by atoms with Gasteiger partial charge in [0.2, 0.25) is 5.71 Å². The van der Waals surface area contributed by atoms with Crippen molar-refractivity contribution in [3.63, 3.8) is 0 Å². The first-order valence-electron chi connectivity index (χ1n) is 20.7. The van der Waals surface area contributed by atoms with E-state index in [4.69, 9.17) is 17.1 Å². The molecular weight excluding hydrogens is 905 g/mol. The van der Waals surface area contributed by atoms with Crippen molar-refractivity contribution in [3.8, 4) is 28.3 Å². The van der Waals surface area contributed by atoms with E-state index in [1.807, 2.05) is 75.5 Å². The third kappa shape index (κ3) is 8.09. The molecule has 0 fully saturated rings. The summed E-state index contributed by atoms with van der Waals surface area (Å²) in [4.78, 5) is 14.4. The van der Waals surface area contributed by atoms with Gasteiger partial charge in [0.15, 0.2) is 0 Å². The number of nitrogens with zero attached hydrogens (tertiary/aromatic N) is 4. The molecule has 9 aromatic rings. The van der Waals surface area contributed by atoms with Crippen LogP contribution in [0.1, 0.15) is 54.2 Å². The number of aryl methyl sites for hydroxylation is 1. The molecule has 1 radical (unpaired) electrons. The molecule has 0 bridgehead atoms. The maximum atomic E-state index is 8.69. The van der Waals surface area contributed by atoms with Crippen molar-refractivity contribution in [2.75, 3.05) is 0 Å². The summed E-state index contributed by atoms with van der Waals surface area (Å²) in [5.41, 5.74) is 10.0. The van der Waals surface area contributed by atoms with Crippen LogP contribution >= 0.6 is 0 Å². The van der Waals surface area contributed by atoms with E-state index in [0.29, 0.717) is 5.71 Å². The number of fused-ring (bicyclic) bond motifs is 5. The van der Waals surface area contributed by atoms with Crippen molar-refractivity contribution in [2.45, 2.75) is 73.0 Å². The van der Waals surface area contributed by atoms with Crippen LogP contribution in [0.5, 0.6) is 0 Å². The van der Waals surface area contributed by atoms with Crippen LogP contribution in [0.15, 0.2) is 126 Å². The Hall–Kier alpha value is -5.20. The molecule has 0 unspecified atom stereocenters. The summed E-state index contributed by atoms with van der Waals surface area (Å²) in [6, 6.07) is 45.9. The molecule has 5 aromatic carbocycles. The fourth-order valence-corrected chi connectivity index (χ4v) is 8.84. The van der Waals surface area contributed by atoms with Crippen molar-refractivity contribution < 1.29 is 27.3 Å². The first-order valence-corrected chi connectivity index (χ1v) is 23.2. The molecule has 0 atom stereocenters. The zero-order chi connectivity index (χ0) is 41.9. The van der Waals surface area contributed by atoms with E-state index in [1.165, 1.54) is 16.3 Å². The maximum Gasteiger partial charge on any atom is 0.216 e. The summed E-state index contributed by atoms with van der Waals surface area (Å²) in [6.45, 7) is 19.2. The normalized spacial score (nSPS) is 12.7. The largest absolute Gasteiger partial charge is 0.486 e. The Bertz CT molecular complexity index is 3010. The van der Waals surface area contributed by atoms with Crippen molar-refractivity contribution in [1.29, 1.82) is 0 Å². The molecule has 9 rings (SSSR count). The van der Waals surface area contributed by atoms with Gasteiger partial charge in [-0.25, -0.2) is 4.98 Å². The third-order valence-corrected chi connectivity index (χ3v) is 12.3. The molecule has 58 heavy (non-hydrogen) atoms. The number of pyridine rings is 2. The summed E-state index contributed by atoms with van der Waals surface area (Å²) in [5.74, 6) is 0.701. The van der Waals surface area contributed by atoms with Crippen molar-refractivity contribution in [1.82, 2.24) is 19.5 Å². The van der Waals surface area contributed by atoms with E-state index in [9.17, 15) is 0 Å². The molecule has 0 spiro atoms. The fourth-order valence-electron chi connectivity index (χ4n) is 7.43. The summed E-state index contributed by atoms with van der Waals surface area (Å²) in [7, 11) is -1.71. The molecule has 5 nitrogen and oxygen atoms in total. The van der Waals surface area contributed by atoms with Crippen molar-refractivity contribution in [2.24, 2.45) is 5.92 Å². The van der Waals surface area contributed by atoms with Gasteiger partial charge in [-0.2, -0.15) is 0 Å². The van der Waals surface area contributed by atoms with Gasteiger partial charge in [-0.05, 0) is 71.2 Å². The van der Waals surface area contributed by atoms with Crippen LogP contribution in [0.2, 0.25) is 19.6 Å². The Labute approximate surface area is 359 Å². The van der Waals surface area contributed by atoms with E-state index in [-0.39, 0.29) is 31.4 Å². The average Bonchev–Trinajstić information content (AvgIpc) is 3.78. The number of imidazole rings is 1. The van der Waals surface area contributed by atoms with Crippen LogP contribution < -0.4 is 5.19 Å². The fraction of sp³-hybridized carbons (Fsp3) is 0.235. The molecular formula is C51H50IrN4OSi-2. The standard InChI is InChI=1S/C29H18N3O.C22H32NSi.Ir/c1-18-16-17-22-21-11-7-12-23(27(21)33-29(22)30-18)28-31-24-13-4-5-14-26(24)32(28)25-15-6-9-19-8-2-3-10-20(19)25;1-16(2)12-18-14-20(23-15-21(18)24(6,7)8)17-10-9-11-19(13-17)22(3,4)5;/h2-11,13-17H,1H3;9,11,13-16H,12H2,1-8H3;/q2*-1;/i;12D2;. The first-order chi connectivity index (χ1) is 28.0. The molecule has 0 saturated heterocycles. The van der Waals surface area contributed by atoms with E-state index in [2.05, 4.69) is 129 Å². The van der Waals surface area contributed by atoms with Crippen LogP contribution in [-0.2, 0) is 31.9 Å². The minimum Gasteiger partial charge on any atom is -0.486 e. The van der Waals surface area contributed by atoms with Gasteiger partial charge in [0.05, 0.1) is 30.5 Å². The Morgan fingerprint density at radius 3 is 2.33 bits per heavy atom. The number of rotatable bonds is 6. The van der Waals surface area contributed by atoms with E-state index in [0.717, 1.165) is 72.2 Å². The van der Waals surface area contributed by atoms with Gasteiger partial charge in [-0.15, -0.1) is 53.6 Å². The predicted molar refractivity (Wildman–Crippen MR) is 241 cm³/mol. The molecule has 7 heteroatoms. The summed E-state index contributed by atoms with van der Waals surface area (Å²) < 4.78 is 25.9. The molecule has 295 valence electrons. The second kappa shape index (κ2) is 16.2. The topological polar surface area (TPSA) is 56.7 Å². The van der Waals surface area contributed by atoms with Crippen LogP contribution in [-0.4, -0.2) is 27.6 Å². The minimum absolute atomic E-state index is 0. The van der Waals surface area contributed by atoms with Gasteiger partial charge < -0.3 is 14.0 Å². The summed E-state index contributed by atoms with van der Waals surface area (Å²) >= 11 is 0. The maximum absolute atomic E-state index is 8.69. The SMILES string of the molecule is Cc1ccc2c(n1)oc1c(-c3nc4ccccc4n3-c3cccc4ccccc34)[c-]ccc12.[2H]C([2H])(c1cc(-c2[c-]ccc(C(C)(C)C)c2)ncc1[Si](C)(C)C)C(C)C.[Ir]. The van der Waals surface area contributed by atoms with Crippen LogP contribution in [0, 0.1) is 25.0 Å². The smallest absolute Gasteiger partial charge is 0.216 e. The van der Waals surface area contributed by atoms with Gasteiger partial charge in [-0.1, -0.05) is 125 Å². The molecule has 4 heterocycles. The van der Waals surface area contributed by atoms with Crippen molar-refractivity contribution >= 4 is 57.1 Å². The number of hydrogen-bond acceptors (Lipinski definition) is 4. The van der Waals surface area contributed by atoms with Crippen LogP contribution in [0.4, 0.5) is 0 Å². The second-order valence-corrected chi connectivity index (χ2v) is 22.2. The van der Waals surface area contributed by atoms with Gasteiger partial charge in [0, 0.05) is 51.2 Å². The second-order valence-electron chi connectivity index (χ2n) is 17.2. The predicted octanol–water partition coefficient (Wildman–Crippen LogP) is 12.8. The number of aromatic nitrogens is 4. The quantitative estimate of drug-likeness (QED) is 0.123. The Morgan fingerprint density at radius 1 is 0.810 bits per heavy atom. The molecule has 0 N–H and O–H groups in total. The molecule has 0 amide bonds. The molecule has 0 aliphatic heterocycles. The van der Waals surface area contributed by atoms with E-state index in [1.54, 1.807) is 0 Å². The van der Waals surface area contributed by atoms with Crippen LogP contribution in [0.25, 0.3) is 72.2 Å². The monoisotopic (exact) mass is 957 g/mol. The summed E-state index contributed by atoms with van der Waals surface area (Å²) in [5, 5.41) is 5.47. The number of furan rings is 1. The molecule has 0 aliphatic rings. The third-order valence-electron chi connectivity index (χ3n) is 10.3. The zero-order valence-electron chi connectivity index (χ0n) is 36.7. The van der Waals surface area contributed by atoms with Gasteiger partial charge in [0.25, 0.3) is 0 Å². The Kier molecular flexibility index (Phi) is 10.7. The van der Waals surface area contributed by atoms with E-state index >= 15 is 0 Å². The van der Waals surface area contributed by atoms with Crippen molar-refractivity contribution in [3.05, 3.63) is 150 Å². The first kappa shape index (κ1) is 38.3. The molecule has 4 aromatic heterocycles. The van der Waals surface area contributed by atoms with Gasteiger partial charge >= 0.3 is 0 Å². The Balaban J connectivity index is 0.000000185. The molecule has 0 saturated carbocycles. The summed E-state index contributed by atoms with van der Waals surface area (Å²) in [6.07, 6.45) is 0.531. The zero-order valence-corrected chi connectivity index (χ0v) is 38.0. The Morgan fingerprint density at radius 2 is 1.55 bits per heavy atom. The number of hydrogen-bond donors (Lipinski definition) is 0. The van der Waals surface area contributed by atoms with Gasteiger partial charge in [0.1, 0.15) is 0 Å². The van der Waals surface area contributed by atoms with E-state index < -0.39 is 14.4 Å². The van der Waals surface area contributed by atoms with Crippen LogP contribution in [0.3, 0.4) is 0 Å². The number of para-hydroxylation sites is 2. The molecule has 0 aliphatic carbocycles. The average molecular weight is 957 g/mol. The van der Waals surface area contributed by atoms with Gasteiger partial charge in [-0.3, -0.25) is 4.98 Å².